The minimum absolute atomic E-state index is 0.0979. The smallest absolute Gasteiger partial charge is 0.355 e. The van der Waals surface area contributed by atoms with Crippen molar-refractivity contribution in [1.29, 1.82) is 0 Å². The quantitative estimate of drug-likeness (QED) is 0.103. The maximum atomic E-state index is 13.6. The van der Waals surface area contributed by atoms with Gasteiger partial charge in [-0.1, -0.05) is 83.9 Å². The van der Waals surface area contributed by atoms with Gasteiger partial charge in [-0.15, -0.1) is 0 Å². The molecule has 1 N–H and O–H groups in total. The van der Waals surface area contributed by atoms with Crippen molar-refractivity contribution >= 4 is 68.9 Å². The van der Waals surface area contributed by atoms with Gasteiger partial charge in [-0.2, -0.15) is 0 Å². The lowest BCUT2D eigenvalue weighted by atomic mass is 9.98. The van der Waals surface area contributed by atoms with E-state index in [4.69, 9.17) is 42.5 Å². The van der Waals surface area contributed by atoms with E-state index in [0.29, 0.717) is 54.4 Å². The minimum Gasteiger partial charge on any atom is -0.478 e. The van der Waals surface area contributed by atoms with Crippen molar-refractivity contribution in [3.05, 3.63) is 221 Å². The summed E-state index contributed by atoms with van der Waals surface area (Å²) in [5.41, 5.74) is 4.46. The minimum atomic E-state index is -1.04. The van der Waals surface area contributed by atoms with Crippen molar-refractivity contribution in [3.8, 4) is 11.4 Å². The molecule has 0 saturated carbocycles. The highest BCUT2D eigenvalue weighted by Crippen LogP contribution is 2.29. The van der Waals surface area contributed by atoms with Crippen LogP contribution in [0.1, 0.15) is 63.9 Å². The lowest BCUT2D eigenvalue weighted by Crippen LogP contribution is -2.24. The number of carbonyl (C=O) groups is 4. The maximum Gasteiger partial charge on any atom is 0.355 e. The molecule has 0 unspecified atom stereocenters. The second kappa shape index (κ2) is 19.7. The van der Waals surface area contributed by atoms with E-state index in [2.05, 4.69) is 0 Å². The molecule has 0 aliphatic carbocycles. The Kier molecular flexibility index (Phi) is 13.7. The fraction of sp³-hybridized carbons (Fsp3) is 0.0980. The molecule has 0 amide bonds. The number of aromatic carboxylic acids is 1. The predicted molar refractivity (Wildman–Crippen MR) is 249 cm³/mol. The van der Waals surface area contributed by atoms with Gasteiger partial charge in [0, 0.05) is 56.2 Å². The largest absolute Gasteiger partial charge is 0.478 e. The molecule has 2 aromatic heterocycles. The molecule has 326 valence electrons. The summed E-state index contributed by atoms with van der Waals surface area (Å²) in [5, 5.41) is 10.8. The molecule has 6 aromatic carbocycles. The van der Waals surface area contributed by atoms with Crippen molar-refractivity contribution in [2.75, 3.05) is 21.3 Å². The van der Waals surface area contributed by atoms with Gasteiger partial charge in [0.15, 0.2) is 10.9 Å². The zero-order valence-corrected chi connectivity index (χ0v) is 36.6. The first-order valence-corrected chi connectivity index (χ1v) is 20.6. The summed E-state index contributed by atoms with van der Waals surface area (Å²) in [6, 6.07) is 41.1. The van der Waals surface area contributed by atoms with E-state index >= 15 is 0 Å². The van der Waals surface area contributed by atoms with Crippen LogP contribution in [0.4, 0.5) is 0 Å². The highest BCUT2D eigenvalue weighted by Gasteiger charge is 2.26. The average molecular weight is 910 g/mol. The van der Waals surface area contributed by atoms with Gasteiger partial charge in [0.05, 0.1) is 43.5 Å². The van der Waals surface area contributed by atoms with Crippen molar-refractivity contribution in [2.24, 2.45) is 0 Å². The zero-order valence-electron chi connectivity index (χ0n) is 35.0. The number of esters is 3. The standard InChI is InChI=1S/C26H20ClNO5.C25H18ClNO5/c1-32-25(30)17-10-8-16(9-11-17)14-21-23(26(31)33-2)28(19-6-4-3-5-7-19)22-15-18(27)12-13-20(22)24(21)29;1-32-25(31)22-20(13-15-7-9-16(10-8-15)24(29)30)23(28)19-12-11-17(26)14-21(19)27(22)18-5-3-2-4-6-18/h3-13,15H,14H2,1-2H3;2-12,14H,13H2,1H3,(H,29,30). The lowest BCUT2D eigenvalue weighted by molar-refractivity contribution is 0.0581. The van der Waals surface area contributed by atoms with Gasteiger partial charge in [-0.05, 0) is 96.1 Å². The van der Waals surface area contributed by atoms with Crippen LogP contribution in [0.25, 0.3) is 33.2 Å². The SMILES string of the molecule is COC(=O)c1c(Cc2ccc(C(=O)O)cc2)c(=O)c2ccc(Cl)cc2n1-c1ccccc1.COC(=O)c1ccc(Cc2c(C(=O)OC)n(-c3ccccc3)c3cc(Cl)ccc3c2=O)cc1. The number of nitrogens with zero attached hydrogens (tertiary/aromatic N) is 2. The van der Waals surface area contributed by atoms with Gasteiger partial charge in [0.25, 0.3) is 0 Å². The van der Waals surface area contributed by atoms with Gasteiger partial charge in [-0.3, -0.25) is 9.59 Å². The topological polar surface area (TPSA) is 160 Å². The normalized spacial score (nSPS) is 10.8. The predicted octanol–water partition coefficient (Wildman–Crippen LogP) is 9.53. The molecule has 0 fully saturated rings. The Balaban J connectivity index is 0.000000194. The number of halogens is 2. The van der Waals surface area contributed by atoms with Crippen LogP contribution in [0.5, 0.6) is 0 Å². The second-order valence-electron chi connectivity index (χ2n) is 14.5. The van der Waals surface area contributed by atoms with Crippen molar-refractivity contribution in [2.45, 2.75) is 12.8 Å². The van der Waals surface area contributed by atoms with Crippen LogP contribution >= 0.6 is 23.2 Å². The molecule has 8 aromatic rings. The van der Waals surface area contributed by atoms with E-state index in [1.54, 1.807) is 81.9 Å². The van der Waals surface area contributed by atoms with Gasteiger partial charge in [-0.25, -0.2) is 19.2 Å². The maximum absolute atomic E-state index is 13.6. The van der Waals surface area contributed by atoms with Crippen LogP contribution in [0.2, 0.25) is 10.0 Å². The number of carbonyl (C=O) groups excluding carboxylic acids is 3. The number of aromatic nitrogens is 2. The summed E-state index contributed by atoms with van der Waals surface area (Å²) >= 11 is 12.5. The number of carboxylic acid groups (broad SMARTS) is 1. The molecule has 0 bridgehead atoms. The number of fused-ring (bicyclic) bond motifs is 2. The molecule has 0 spiro atoms. The highest BCUT2D eigenvalue weighted by atomic mass is 35.5. The van der Waals surface area contributed by atoms with E-state index in [1.165, 1.54) is 33.5 Å². The van der Waals surface area contributed by atoms with Crippen molar-refractivity contribution < 1.29 is 38.5 Å². The molecule has 0 atom stereocenters. The summed E-state index contributed by atoms with van der Waals surface area (Å²) in [5.74, 6) is -2.80. The van der Waals surface area contributed by atoms with E-state index in [1.807, 2.05) is 60.7 Å². The highest BCUT2D eigenvalue weighted by molar-refractivity contribution is 6.31. The number of methoxy groups -OCH3 is 3. The summed E-state index contributed by atoms with van der Waals surface area (Å²) in [7, 11) is 3.85. The van der Waals surface area contributed by atoms with Crippen LogP contribution in [0.15, 0.2) is 155 Å². The molecule has 2 heterocycles. The molecule has 8 rings (SSSR count). The first kappa shape index (κ1) is 45.2. The van der Waals surface area contributed by atoms with Gasteiger partial charge >= 0.3 is 23.9 Å². The molecule has 0 aliphatic heterocycles. The molecule has 65 heavy (non-hydrogen) atoms. The van der Waals surface area contributed by atoms with Crippen LogP contribution in [-0.4, -0.2) is 59.4 Å². The fourth-order valence-electron chi connectivity index (χ4n) is 7.51. The molecule has 14 heteroatoms. The average Bonchev–Trinajstić information content (AvgIpc) is 3.33. The van der Waals surface area contributed by atoms with Crippen LogP contribution < -0.4 is 10.9 Å². The number of para-hydroxylation sites is 2. The van der Waals surface area contributed by atoms with E-state index in [9.17, 15) is 28.8 Å². The van der Waals surface area contributed by atoms with Crippen molar-refractivity contribution in [1.82, 2.24) is 9.13 Å². The Morgan fingerprint density at radius 2 is 0.862 bits per heavy atom. The second-order valence-corrected chi connectivity index (χ2v) is 15.4. The number of rotatable bonds is 10. The third kappa shape index (κ3) is 9.45. The van der Waals surface area contributed by atoms with Gasteiger partial charge in [0.2, 0.25) is 0 Å². The lowest BCUT2D eigenvalue weighted by Gasteiger charge is -2.19. The monoisotopic (exact) mass is 908 g/mol. The molecule has 0 radical (unpaired) electrons. The number of hydrogen-bond donors (Lipinski definition) is 1. The summed E-state index contributed by atoms with van der Waals surface area (Å²) in [6.07, 6.45) is 0.282. The summed E-state index contributed by atoms with van der Waals surface area (Å²) in [4.78, 5) is 75.9. The Labute approximate surface area is 381 Å². The number of hydrogen-bond acceptors (Lipinski definition) is 9. The van der Waals surface area contributed by atoms with Crippen LogP contribution in [0.3, 0.4) is 0 Å². The number of benzene rings is 6. The van der Waals surface area contributed by atoms with E-state index in [0.717, 1.165) is 5.56 Å². The fourth-order valence-corrected chi connectivity index (χ4v) is 7.84. The number of pyridine rings is 2. The van der Waals surface area contributed by atoms with E-state index in [-0.39, 0.29) is 51.8 Å². The Bertz CT molecular complexity index is 3240. The van der Waals surface area contributed by atoms with Crippen LogP contribution in [-0.2, 0) is 27.1 Å². The zero-order chi connectivity index (χ0) is 46.4. The van der Waals surface area contributed by atoms with Gasteiger partial charge in [0.1, 0.15) is 11.4 Å². The van der Waals surface area contributed by atoms with Crippen molar-refractivity contribution in [3.63, 3.8) is 0 Å². The first-order chi connectivity index (χ1) is 31.3. The molecular weight excluding hydrogens is 871 g/mol. The molecule has 0 aliphatic rings. The number of carboxylic acids is 1. The van der Waals surface area contributed by atoms with E-state index < -0.39 is 23.9 Å². The third-order valence-corrected chi connectivity index (χ3v) is 11.1. The summed E-state index contributed by atoms with van der Waals surface area (Å²) < 4.78 is 18.2. The van der Waals surface area contributed by atoms with Crippen LogP contribution in [0, 0.1) is 0 Å². The molecular formula is C51H38Cl2N2O10. The summed E-state index contributed by atoms with van der Waals surface area (Å²) in [6.45, 7) is 0. The Morgan fingerprint density at radius 3 is 1.22 bits per heavy atom. The molecule has 12 nitrogen and oxygen atoms in total. The third-order valence-electron chi connectivity index (χ3n) is 10.6. The number of ether oxygens (including phenoxy) is 3. The Hall–Kier alpha value is -7.80. The Morgan fingerprint density at radius 1 is 0.492 bits per heavy atom. The first-order valence-electron chi connectivity index (χ1n) is 19.9. The molecule has 0 saturated heterocycles. The van der Waals surface area contributed by atoms with Gasteiger partial charge < -0.3 is 28.5 Å².